The van der Waals surface area contributed by atoms with Crippen LogP contribution in [0, 0.1) is 6.92 Å². The summed E-state index contributed by atoms with van der Waals surface area (Å²) >= 11 is 7.29. The number of hydrogen-bond donors (Lipinski definition) is 2. The average Bonchev–Trinajstić information content (AvgIpc) is 2.71. The summed E-state index contributed by atoms with van der Waals surface area (Å²) < 4.78 is 0.720. The van der Waals surface area contributed by atoms with E-state index in [-0.39, 0.29) is 0 Å². The summed E-state index contributed by atoms with van der Waals surface area (Å²) in [5, 5.41) is 0. The third-order valence-corrected chi connectivity index (χ3v) is 3.38. The number of primary amides is 1. The van der Waals surface area contributed by atoms with Crippen LogP contribution in [0.15, 0.2) is 18.2 Å². The summed E-state index contributed by atoms with van der Waals surface area (Å²) in [5.41, 5.74) is 7.41. The number of aromatic amines is 1. The first-order valence-corrected chi connectivity index (χ1v) is 5.52. The Morgan fingerprint density at radius 3 is 2.73 bits per heavy atom. The SMILES string of the molecule is Cc1[nH]c(-c2ccc(Cl)s2)cc1C(N)=O. The van der Waals surface area contributed by atoms with Gasteiger partial charge < -0.3 is 10.7 Å². The number of H-pyrrole nitrogens is 1. The van der Waals surface area contributed by atoms with Gasteiger partial charge >= 0.3 is 0 Å². The lowest BCUT2D eigenvalue weighted by molar-refractivity contribution is 0.1000. The molecule has 2 rings (SSSR count). The van der Waals surface area contributed by atoms with Gasteiger partial charge in [0, 0.05) is 5.69 Å². The van der Waals surface area contributed by atoms with Crippen molar-refractivity contribution in [3.8, 4) is 10.6 Å². The molecule has 0 bridgehead atoms. The largest absolute Gasteiger partial charge is 0.366 e. The fourth-order valence-corrected chi connectivity index (χ4v) is 2.42. The highest BCUT2D eigenvalue weighted by Crippen LogP contribution is 2.31. The van der Waals surface area contributed by atoms with Gasteiger partial charge in [-0.1, -0.05) is 11.6 Å². The van der Waals surface area contributed by atoms with Gasteiger partial charge in [0.2, 0.25) is 0 Å². The molecule has 5 heteroatoms. The summed E-state index contributed by atoms with van der Waals surface area (Å²) in [7, 11) is 0. The zero-order valence-corrected chi connectivity index (χ0v) is 9.58. The van der Waals surface area contributed by atoms with Crippen LogP contribution in [-0.4, -0.2) is 10.9 Å². The van der Waals surface area contributed by atoms with Crippen molar-refractivity contribution in [2.45, 2.75) is 6.92 Å². The summed E-state index contributed by atoms with van der Waals surface area (Å²) in [4.78, 5) is 15.2. The normalized spacial score (nSPS) is 10.5. The first-order valence-electron chi connectivity index (χ1n) is 4.33. The second-order valence-electron chi connectivity index (χ2n) is 3.19. The van der Waals surface area contributed by atoms with Gasteiger partial charge in [-0.3, -0.25) is 4.79 Å². The topological polar surface area (TPSA) is 58.9 Å². The number of carbonyl (C=O) groups excluding carboxylic acids is 1. The van der Waals surface area contributed by atoms with E-state index in [9.17, 15) is 4.79 Å². The molecule has 0 aromatic carbocycles. The number of nitrogens with one attached hydrogen (secondary N) is 1. The second kappa shape index (κ2) is 3.72. The van der Waals surface area contributed by atoms with Crippen LogP contribution in [0.25, 0.3) is 10.6 Å². The Morgan fingerprint density at radius 2 is 2.27 bits per heavy atom. The molecule has 0 aliphatic heterocycles. The smallest absolute Gasteiger partial charge is 0.250 e. The molecule has 3 nitrogen and oxygen atoms in total. The lowest BCUT2D eigenvalue weighted by Gasteiger charge is -1.89. The molecule has 0 aliphatic carbocycles. The first kappa shape index (κ1) is 10.3. The number of aryl methyl sites for hydroxylation is 1. The Morgan fingerprint density at radius 1 is 1.53 bits per heavy atom. The maximum Gasteiger partial charge on any atom is 0.250 e. The van der Waals surface area contributed by atoms with E-state index >= 15 is 0 Å². The Labute approximate surface area is 95.9 Å². The molecular formula is C10H9ClN2OS. The monoisotopic (exact) mass is 240 g/mol. The molecule has 2 aromatic rings. The number of nitrogens with two attached hydrogens (primary N) is 1. The van der Waals surface area contributed by atoms with E-state index in [1.54, 1.807) is 6.07 Å². The highest BCUT2D eigenvalue weighted by molar-refractivity contribution is 7.19. The molecule has 0 atom stereocenters. The van der Waals surface area contributed by atoms with E-state index < -0.39 is 5.91 Å². The molecule has 0 saturated carbocycles. The Balaban J connectivity index is 2.46. The van der Waals surface area contributed by atoms with E-state index in [1.165, 1.54) is 11.3 Å². The van der Waals surface area contributed by atoms with Crippen LogP contribution in [0.3, 0.4) is 0 Å². The van der Waals surface area contributed by atoms with Crippen molar-refractivity contribution in [2.75, 3.05) is 0 Å². The van der Waals surface area contributed by atoms with Crippen molar-refractivity contribution < 1.29 is 4.79 Å². The molecule has 3 N–H and O–H groups in total. The van der Waals surface area contributed by atoms with Crippen LogP contribution in [0.1, 0.15) is 16.1 Å². The fourth-order valence-electron chi connectivity index (χ4n) is 1.41. The number of carbonyl (C=O) groups is 1. The first-order chi connectivity index (χ1) is 7.08. The predicted molar refractivity (Wildman–Crippen MR) is 62.4 cm³/mol. The average molecular weight is 241 g/mol. The van der Waals surface area contributed by atoms with Crippen molar-refractivity contribution >= 4 is 28.8 Å². The maximum absolute atomic E-state index is 11.1. The zero-order valence-electron chi connectivity index (χ0n) is 8.00. The number of aromatic nitrogens is 1. The summed E-state index contributed by atoms with van der Waals surface area (Å²) in [6, 6.07) is 5.48. The standard InChI is InChI=1S/C10H9ClN2OS/c1-5-6(10(12)14)4-7(13-5)8-2-3-9(11)15-8/h2-4,13H,1H3,(H2,12,14). The van der Waals surface area contributed by atoms with Gasteiger partial charge in [0.1, 0.15) is 0 Å². The third-order valence-electron chi connectivity index (χ3n) is 2.12. The number of amides is 1. The molecule has 1 amide bonds. The molecule has 0 saturated heterocycles. The summed E-state index contributed by atoms with van der Waals surface area (Å²) in [6.45, 7) is 1.82. The molecule has 0 aliphatic rings. The molecular weight excluding hydrogens is 232 g/mol. The van der Waals surface area contributed by atoms with Crippen molar-refractivity contribution in [1.82, 2.24) is 4.98 Å². The summed E-state index contributed by atoms with van der Waals surface area (Å²) in [5.74, 6) is -0.419. The Hall–Kier alpha value is -1.26. The predicted octanol–water partition coefficient (Wildman–Crippen LogP) is 2.80. The minimum absolute atomic E-state index is 0.419. The van der Waals surface area contributed by atoms with E-state index in [1.807, 2.05) is 19.1 Å². The molecule has 78 valence electrons. The van der Waals surface area contributed by atoms with Gasteiger partial charge in [-0.25, -0.2) is 0 Å². The second-order valence-corrected chi connectivity index (χ2v) is 4.90. The van der Waals surface area contributed by atoms with Crippen LogP contribution in [-0.2, 0) is 0 Å². The van der Waals surface area contributed by atoms with Gasteiger partial charge in [-0.15, -0.1) is 11.3 Å². The number of hydrogen-bond acceptors (Lipinski definition) is 2. The molecule has 2 heterocycles. The maximum atomic E-state index is 11.1. The minimum Gasteiger partial charge on any atom is -0.366 e. The molecule has 2 aromatic heterocycles. The number of halogens is 1. The molecule has 0 unspecified atom stereocenters. The van der Waals surface area contributed by atoms with Crippen LogP contribution in [0.4, 0.5) is 0 Å². The van der Waals surface area contributed by atoms with Crippen molar-refractivity contribution in [3.63, 3.8) is 0 Å². The molecule has 0 radical (unpaired) electrons. The van der Waals surface area contributed by atoms with Gasteiger partial charge in [0.15, 0.2) is 0 Å². The van der Waals surface area contributed by atoms with E-state index in [4.69, 9.17) is 17.3 Å². The number of rotatable bonds is 2. The number of thiophene rings is 1. The minimum atomic E-state index is -0.419. The van der Waals surface area contributed by atoms with Gasteiger partial charge in [-0.2, -0.15) is 0 Å². The van der Waals surface area contributed by atoms with E-state index in [2.05, 4.69) is 4.98 Å². The fraction of sp³-hybridized carbons (Fsp3) is 0.100. The lowest BCUT2D eigenvalue weighted by atomic mass is 10.2. The molecule has 0 spiro atoms. The molecule has 15 heavy (non-hydrogen) atoms. The molecule has 0 fully saturated rings. The lowest BCUT2D eigenvalue weighted by Crippen LogP contribution is -2.10. The van der Waals surface area contributed by atoms with E-state index in [0.717, 1.165) is 20.6 Å². The van der Waals surface area contributed by atoms with Crippen LogP contribution in [0.2, 0.25) is 4.34 Å². The van der Waals surface area contributed by atoms with E-state index in [0.29, 0.717) is 5.56 Å². The highest BCUT2D eigenvalue weighted by Gasteiger charge is 2.11. The van der Waals surface area contributed by atoms with Crippen molar-refractivity contribution in [3.05, 3.63) is 33.8 Å². The van der Waals surface area contributed by atoms with Gasteiger partial charge in [-0.05, 0) is 25.1 Å². The van der Waals surface area contributed by atoms with Crippen molar-refractivity contribution in [1.29, 1.82) is 0 Å². The van der Waals surface area contributed by atoms with Crippen LogP contribution in [0.5, 0.6) is 0 Å². The quantitative estimate of drug-likeness (QED) is 0.833. The van der Waals surface area contributed by atoms with Crippen LogP contribution >= 0.6 is 22.9 Å². The van der Waals surface area contributed by atoms with Gasteiger partial charge in [0.05, 0.1) is 20.5 Å². The zero-order chi connectivity index (χ0) is 11.0. The third kappa shape index (κ3) is 1.91. The summed E-state index contributed by atoms with van der Waals surface area (Å²) in [6.07, 6.45) is 0. The Bertz CT molecular complexity index is 515. The van der Waals surface area contributed by atoms with Crippen molar-refractivity contribution in [2.24, 2.45) is 5.73 Å². The Kier molecular flexibility index (Phi) is 2.54. The highest BCUT2D eigenvalue weighted by atomic mass is 35.5. The van der Waals surface area contributed by atoms with Crippen LogP contribution < -0.4 is 5.73 Å². The van der Waals surface area contributed by atoms with Gasteiger partial charge in [0.25, 0.3) is 5.91 Å².